The van der Waals surface area contributed by atoms with Gasteiger partial charge in [0.05, 0.1) is 29.5 Å². The number of anilines is 1. The number of hydrogen-bond donors (Lipinski definition) is 3. The van der Waals surface area contributed by atoms with Gasteiger partial charge in [0.25, 0.3) is 5.91 Å². The van der Waals surface area contributed by atoms with Crippen LogP contribution in [0.1, 0.15) is 67.2 Å². The maximum Gasteiger partial charge on any atom is 0.408 e. The molecule has 3 N–H and O–H groups in total. The number of alkyl carbamates (subject to hydrolysis) is 1. The number of nitrogens with zero attached hydrogens (tertiary/aromatic N) is 4. The first-order valence-electron chi connectivity index (χ1n) is 19.1. The van der Waals surface area contributed by atoms with Gasteiger partial charge in [0.15, 0.2) is 5.13 Å². The van der Waals surface area contributed by atoms with Crippen molar-refractivity contribution >= 4 is 61.1 Å². The second-order valence-corrected chi connectivity index (χ2v) is 20.4. The fourth-order valence-electron chi connectivity index (χ4n) is 6.93. The Morgan fingerprint density at radius 3 is 2.38 bits per heavy atom. The number of likely N-dealkylation sites (tertiary alicyclic amines) is 1. The van der Waals surface area contributed by atoms with Crippen molar-refractivity contribution in [2.24, 2.45) is 11.3 Å². The Balaban J connectivity index is 1.35. The molecule has 1 aliphatic heterocycles. The molecule has 1 saturated heterocycles. The molecule has 18 heteroatoms. The van der Waals surface area contributed by atoms with E-state index in [4.69, 9.17) is 19.2 Å². The summed E-state index contributed by atoms with van der Waals surface area (Å²) in [6, 6.07) is 5.03. The van der Waals surface area contributed by atoms with E-state index in [0.29, 0.717) is 29.7 Å². The highest BCUT2D eigenvalue weighted by Crippen LogP contribution is 2.46. The predicted octanol–water partition coefficient (Wildman–Crippen LogP) is 4.39. The van der Waals surface area contributed by atoms with E-state index in [2.05, 4.69) is 26.9 Å². The molecule has 3 aliphatic rings. The fourth-order valence-corrected chi connectivity index (χ4v) is 9.09. The highest BCUT2D eigenvalue weighted by Gasteiger charge is 2.62. The lowest BCUT2D eigenvalue weighted by Crippen LogP contribution is -2.60. The number of amides is 4. The normalized spacial score (nSPS) is 22.4. The maximum atomic E-state index is 14.7. The Labute approximate surface area is 343 Å². The number of ether oxygens (including phenoxy) is 3. The molecule has 5 unspecified atom stereocenters. The largest absolute Gasteiger partial charge is 0.497 e. The van der Waals surface area contributed by atoms with Gasteiger partial charge in [-0.25, -0.2) is 23.2 Å². The molecule has 3 heterocycles. The number of carbonyl (C=O) groups excluding carboxylic acids is 4. The van der Waals surface area contributed by atoms with E-state index in [-0.39, 0.29) is 25.3 Å². The molecule has 3 aromatic rings. The lowest BCUT2D eigenvalue weighted by atomic mass is 9.85. The summed E-state index contributed by atoms with van der Waals surface area (Å²) in [4.78, 5) is 69.3. The monoisotopic (exact) mass is 839 g/mol. The van der Waals surface area contributed by atoms with Crippen LogP contribution in [-0.2, 0) is 29.1 Å². The van der Waals surface area contributed by atoms with Crippen molar-refractivity contribution in [1.29, 1.82) is 0 Å². The van der Waals surface area contributed by atoms with Gasteiger partial charge in [-0.3, -0.25) is 19.1 Å². The van der Waals surface area contributed by atoms with Gasteiger partial charge in [-0.05, 0) is 75.1 Å². The average Bonchev–Trinajstić information content (AvgIpc) is 4.01. The Morgan fingerprint density at radius 2 is 1.81 bits per heavy atom. The summed E-state index contributed by atoms with van der Waals surface area (Å²) in [6.07, 6.45) is 2.63. The van der Waals surface area contributed by atoms with Crippen molar-refractivity contribution in [3.63, 3.8) is 0 Å². The molecule has 2 aromatic heterocycles. The lowest BCUT2D eigenvalue weighted by molar-refractivity contribution is -0.143. The van der Waals surface area contributed by atoms with Crippen LogP contribution in [0.25, 0.3) is 21.3 Å². The molecule has 2 saturated carbocycles. The van der Waals surface area contributed by atoms with Gasteiger partial charge in [-0.2, -0.15) is 0 Å². The number of methoxy groups -OCH3 is 1. The molecule has 0 spiro atoms. The van der Waals surface area contributed by atoms with E-state index in [1.165, 1.54) is 22.3 Å². The molecule has 0 bridgehead atoms. The maximum absolute atomic E-state index is 14.7. The summed E-state index contributed by atoms with van der Waals surface area (Å²) >= 11 is 1.45. The number of hydrogen-bond acceptors (Lipinski definition) is 13. The number of aromatic nitrogens is 2. The Bertz CT molecular complexity index is 2230. The number of sulfonamides is 1. The third kappa shape index (κ3) is 9.17. The van der Waals surface area contributed by atoms with Crippen molar-refractivity contribution in [3.05, 3.63) is 43.1 Å². The first-order chi connectivity index (χ1) is 27.0. The lowest BCUT2D eigenvalue weighted by Gasteiger charge is -2.36. The Hall–Kier alpha value is -4.97. The fraction of sp³-hybridized carbons (Fsp3) is 0.550. The van der Waals surface area contributed by atoms with Crippen LogP contribution in [0.5, 0.6) is 11.6 Å². The quantitative estimate of drug-likeness (QED) is 0.206. The van der Waals surface area contributed by atoms with Gasteiger partial charge in [-0.1, -0.05) is 38.2 Å². The molecular weight excluding hydrogens is 787 g/mol. The van der Waals surface area contributed by atoms with Crippen LogP contribution in [-0.4, -0.2) is 109 Å². The van der Waals surface area contributed by atoms with Crippen LogP contribution in [0.15, 0.2) is 43.1 Å². The SMILES string of the molecule is C=CC1CC1(NC(=O)C1CC(Oc2nc(-c3cnc(N(C)C)s3)cc3cc(OC)ccc23)CN1C(=O)C(NC(=O)OC(C)(C)C)C(C)(C)C)C(=O)NS(=O)(=O)C1CC1. The third-order valence-corrected chi connectivity index (χ3v) is 13.3. The van der Waals surface area contributed by atoms with Gasteiger partial charge in [0.1, 0.15) is 35.1 Å². The molecule has 2 aliphatic carbocycles. The van der Waals surface area contributed by atoms with E-state index in [9.17, 15) is 27.6 Å². The van der Waals surface area contributed by atoms with Gasteiger partial charge in [-0.15, -0.1) is 6.58 Å². The number of benzene rings is 1. The molecule has 314 valence electrons. The van der Waals surface area contributed by atoms with Crippen molar-refractivity contribution in [1.82, 2.24) is 30.2 Å². The van der Waals surface area contributed by atoms with Gasteiger partial charge < -0.3 is 34.6 Å². The zero-order valence-corrected chi connectivity index (χ0v) is 36.0. The van der Waals surface area contributed by atoms with Crippen LogP contribution in [0.4, 0.5) is 9.93 Å². The third-order valence-electron chi connectivity index (χ3n) is 10.3. The van der Waals surface area contributed by atoms with E-state index < -0.39 is 79.7 Å². The van der Waals surface area contributed by atoms with Crippen LogP contribution in [0.3, 0.4) is 0 Å². The minimum atomic E-state index is -3.93. The Kier molecular flexibility index (Phi) is 11.5. The summed E-state index contributed by atoms with van der Waals surface area (Å²) in [7, 11) is 1.44. The molecule has 6 rings (SSSR count). The predicted molar refractivity (Wildman–Crippen MR) is 220 cm³/mol. The number of carbonyl (C=O) groups is 4. The standard InChI is InChI=1S/C40H53N7O9S2/c1-11-23-19-40(23,35(50)45-58(52,53)26-13-14-26)44-32(48)29-18-25(21-47(29)34(49)31(38(2,3)4)43-37(51)56-39(5,6)7)55-33-27-15-12-24(54-10)16-22(27)17-28(42-33)30-20-41-36(57-30)46(8)9/h11-12,15-17,20,23,25-26,29,31H,1,13-14,18-19,21H2,2-10H3,(H,43,51)(H,44,48)(H,45,50). The van der Waals surface area contributed by atoms with Crippen LogP contribution in [0.2, 0.25) is 0 Å². The Morgan fingerprint density at radius 1 is 1.10 bits per heavy atom. The number of pyridine rings is 1. The summed E-state index contributed by atoms with van der Waals surface area (Å²) in [5.41, 5.74) is -2.69. The topological polar surface area (TPSA) is 198 Å². The molecule has 58 heavy (non-hydrogen) atoms. The highest BCUT2D eigenvalue weighted by molar-refractivity contribution is 7.91. The van der Waals surface area contributed by atoms with Gasteiger partial charge in [0, 0.05) is 38.0 Å². The number of fused-ring (bicyclic) bond motifs is 1. The smallest absolute Gasteiger partial charge is 0.408 e. The molecule has 16 nitrogen and oxygen atoms in total. The first kappa shape index (κ1) is 42.6. The van der Waals surface area contributed by atoms with Crippen molar-refractivity contribution in [2.75, 3.05) is 32.6 Å². The van der Waals surface area contributed by atoms with Crippen LogP contribution < -0.4 is 29.7 Å². The molecule has 4 amide bonds. The number of rotatable bonds is 13. The van der Waals surface area contributed by atoms with Crippen molar-refractivity contribution < 1.29 is 41.8 Å². The van der Waals surface area contributed by atoms with Crippen molar-refractivity contribution in [3.8, 4) is 22.2 Å². The van der Waals surface area contributed by atoms with Gasteiger partial charge in [0.2, 0.25) is 27.7 Å². The zero-order valence-electron chi connectivity index (χ0n) is 34.4. The van der Waals surface area contributed by atoms with E-state index in [1.54, 1.807) is 60.9 Å². The zero-order chi connectivity index (χ0) is 42.5. The second-order valence-electron chi connectivity index (χ2n) is 17.4. The highest BCUT2D eigenvalue weighted by atomic mass is 32.2. The molecule has 0 radical (unpaired) electrons. The summed E-state index contributed by atoms with van der Waals surface area (Å²) in [6.45, 7) is 14.2. The van der Waals surface area contributed by atoms with Crippen LogP contribution >= 0.6 is 11.3 Å². The van der Waals surface area contributed by atoms with Gasteiger partial charge >= 0.3 is 6.09 Å². The van der Waals surface area contributed by atoms with E-state index >= 15 is 0 Å². The minimum absolute atomic E-state index is 0.0212. The average molecular weight is 840 g/mol. The summed E-state index contributed by atoms with van der Waals surface area (Å²) < 4.78 is 45.4. The summed E-state index contributed by atoms with van der Waals surface area (Å²) in [5.74, 6) is -1.80. The van der Waals surface area contributed by atoms with Crippen molar-refractivity contribution in [2.45, 2.75) is 102 Å². The summed E-state index contributed by atoms with van der Waals surface area (Å²) in [5, 5.41) is 7.08. The molecular formula is C40H53N7O9S2. The number of thiazole rings is 1. The minimum Gasteiger partial charge on any atom is -0.497 e. The van der Waals surface area contributed by atoms with Crippen LogP contribution in [0, 0.1) is 11.3 Å². The number of nitrogens with one attached hydrogen (secondary N) is 3. The molecule has 5 atom stereocenters. The van der Waals surface area contributed by atoms with E-state index in [0.717, 1.165) is 15.4 Å². The van der Waals surface area contributed by atoms with E-state index in [1.807, 2.05) is 37.2 Å². The second kappa shape index (κ2) is 15.7. The molecule has 3 fully saturated rings. The molecule has 1 aromatic carbocycles. The first-order valence-corrected chi connectivity index (χ1v) is 21.5.